The van der Waals surface area contributed by atoms with Crippen molar-refractivity contribution in [2.45, 2.75) is 6.92 Å². The molecule has 3 aromatic rings. The van der Waals surface area contributed by atoms with Gasteiger partial charge in [-0.05, 0) is 42.9 Å². The summed E-state index contributed by atoms with van der Waals surface area (Å²) >= 11 is 7.14. The van der Waals surface area contributed by atoms with Crippen LogP contribution in [0.3, 0.4) is 0 Å². The van der Waals surface area contributed by atoms with Gasteiger partial charge < -0.3 is 19.9 Å². The summed E-state index contributed by atoms with van der Waals surface area (Å²) < 4.78 is 5.25. The van der Waals surface area contributed by atoms with Gasteiger partial charge >= 0.3 is 5.97 Å². The van der Waals surface area contributed by atoms with Crippen LogP contribution in [0.2, 0.25) is 0 Å². The van der Waals surface area contributed by atoms with Crippen molar-refractivity contribution in [1.29, 1.82) is 0 Å². The molecule has 1 saturated heterocycles. The highest BCUT2D eigenvalue weighted by Crippen LogP contribution is 2.36. The normalized spacial score (nSPS) is 13.4. The Balaban J connectivity index is 1.44. The molecule has 1 fully saturated rings. The van der Waals surface area contributed by atoms with E-state index >= 15 is 0 Å². The van der Waals surface area contributed by atoms with E-state index in [0.29, 0.717) is 35.4 Å². The maximum atomic E-state index is 12.6. The van der Waals surface area contributed by atoms with Gasteiger partial charge in [-0.2, -0.15) is 0 Å². The third kappa shape index (κ3) is 5.35. The molecule has 0 spiro atoms. The van der Waals surface area contributed by atoms with Gasteiger partial charge in [0.05, 0.1) is 17.1 Å². The third-order valence-electron chi connectivity index (χ3n) is 5.50. The summed E-state index contributed by atoms with van der Waals surface area (Å²) in [5, 5.41) is 15.4. The Morgan fingerprint density at radius 3 is 2.41 bits per heavy atom. The van der Waals surface area contributed by atoms with E-state index < -0.39 is 4.92 Å². The van der Waals surface area contributed by atoms with Gasteiger partial charge in [0, 0.05) is 48.9 Å². The number of anilines is 2. The molecule has 2 aromatic carbocycles. The number of esters is 1. The minimum Gasteiger partial charge on any atom is -0.462 e. The Morgan fingerprint density at radius 1 is 1.12 bits per heavy atom. The molecule has 1 aliphatic heterocycles. The molecular formula is C24H24N4O4S2. The number of piperazine rings is 1. The second-order valence-corrected chi connectivity index (χ2v) is 9.06. The fraction of sp³-hybridized carbons (Fsp3) is 0.250. The van der Waals surface area contributed by atoms with Crippen LogP contribution in [0.5, 0.6) is 0 Å². The van der Waals surface area contributed by atoms with Crippen molar-refractivity contribution in [1.82, 2.24) is 4.90 Å². The molecule has 4 rings (SSSR count). The first kappa shape index (κ1) is 23.7. The van der Waals surface area contributed by atoms with E-state index in [1.165, 1.54) is 23.5 Å². The van der Waals surface area contributed by atoms with E-state index in [-0.39, 0.29) is 11.7 Å². The maximum absolute atomic E-state index is 12.6. The molecule has 34 heavy (non-hydrogen) atoms. The van der Waals surface area contributed by atoms with Gasteiger partial charge in [0.1, 0.15) is 5.00 Å². The second kappa shape index (κ2) is 10.6. The largest absolute Gasteiger partial charge is 0.462 e. The molecule has 0 aliphatic carbocycles. The SMILES string of the molecule is CCOC(=O)c1cc(-c2ccccc2)sc1NC(=S)N1CCN(c2ccc([N+](=O)[O-])cc2)CC1. The Morgan fingerprint density at radius 2 is 1.79 bits per heavy atom. The van der Waals surface area contributed by atoms with Crippen LogP contribution in [-0.2, 0) is 4.74 Å². The van der Waals surface area contributed by atoms with Crippen molar-refractivity contribution in [2.75, 3.05) is 43.0 Å². The topological polar surface area (TPSA) is 88.0 Å². The van der Waals surface area contributed by atoms with E-state index in [2.05, 4.69) is 15.1 Å². The van der Waals surface area contributed by atoms with Gasteiger partial charge in [-0.1, -0.05) is 30.3 Å². The lowest BCUT2D eigenvalue weighted by molar-refractivity contribution is -0.384. The lowest BCUT2D eigenvalue weighted by Crippen LogP contribution is -2.50. The number of nitrogens with zero attached hydrogens (tertiary/aromatic N) is 3. The van der Waals surface area contributed by atoms with Gasteiger partial charge in [0.2, 0.25) is 0 Å². The fourth-order valence-corrected chi connectivity index (χ4v) is 5.12. The number of nitro benzene ring substituents is 1. The summed E-state index contributed by atoms with van der Waals surface area (Å²) in [6.45, 7) is 4.91. The molecule has 0 amide bonds. The lowest BCUT2D eigenvalue weighted by Gasteiger charge is -2.37. The number of benzene rings is 2. The number of carbonyl (C=O) groups is 1. The second-order valence-electron chi connectivity index (χ2n) is 7.62. The first-order valence-corrected chi connectivity index (χ1v) is 12.1. The van der Waals surface area contributed by atoms with Crippen molar-refractivity contribution in [2.24, 2.45) is 0 Å². The summed E-state index contributed by atoms with van der Waals surface area (Å²) in [6, 6.07) is 18.3. The minimum absolute atomic E-state index is 0.0796. The molecule has 10 heteroatoms. The Hall–Kier alpha value is -3.50. The number of rotatable bonds is 6. The van der Waals surface area contributed by atoms with Crippen LogP contribution in [0.25, 0.3) is 10.4 Å². The van der Waals surface area contributed by atoms with Crippen LogP contribution < -0.4 is 10.2 Å². The van der Waals surface area contributed by atoms with Crippen LogP contribution in [0, 0.1) is 10.1 Å². The van der Waals surface area contributed by atoms with Crippen LogP contribution >= 0.6 is 23.6 Å². The molecule has 176 valence electrons. The van der Waals surface area contributed by atoms with E-state index in [0.717, 1.165) is 29.2 Å². The van der Waals surface area contributed by atoms with Crippen molar-refractivity contribution >= 4 is 51.0 Å². The molecule has 1 aromatic heterocycles. The predicted molar refractivity (Wildman–Crippen MR) is 139 cm³/mol. The highest BCUT2D eigenvalue weighted by atomic mass is 32.1. The number of carbonyl (C=O) groups excluding carboxylic acids is 1. The smallest absolute Gasteiger partial charge is 0.341 e. The predicted octanol–water partition coefficient (Wildman–Crippen LogP) is 5.02. The van der Waals surface area contributed by atoms with Gasteiger partial charge in [-0.25, -0.2) is 4.79 Å². The fourth-order valence-electron chi connectivity index (χ4n) is 3.72. The molecule has 1 N–H and O–H groups in total. The Labute approximate surface area is 206 Å². The van der Waals surface area contributed by atoms with E-state index in [1.807, 2.05) is 36.4 Å². The monoisotopic (exact) mass is 496 g/mol. The Bertz CT molecular complexity index is 1170. The summed E-state index contributed by atoms with van der Waals surface area (Å²) in [7, 11) is 0. The third-order valence-corrected chi connectivity index (χ3v) is 6.96. The zero-order valence-corrected chi connectivity index (χ0v) is 20.2. The van der Waals surface area contributed by atoms with Gasteiger partial charge in [-0.3, -0.25) is 10.1 Å². The van der Waals surface area contributed by atoms with Gasteiger partial charge in [0.25, 0.3) is 5.69 Å². The number of thiophene rings is 1. The summed E-state index contributed by atoms with van der Waals surface area (Å²) in [5.74, 6) is -0.380. The number of non-ortho nitro benzene ring substituents is 1. The first-order chi connectivity index (χ1) is 16.5. The highest BCUT2D eigenvalue weighted by molar-refractivity contribution is 7.80. The number of hydrogen-bond acceptors (Lipinski definition) is 7. The average Bonchev–Trinajstić information content (AvgIpc) is 3.29. The first-order valence-electron chi connectivity index (χ1n) is 10.9. The van der Waals surface area contributed by atoms with Crippen molar-refractivity contribution in [3.63, 3.8) is 0 Å². The molecule has 0 saturated carbocycles. The van der Waals surface area contributed by atoms with Gasteiger partial charge in [0.15, 0.2) is 5.11 Å². The lowest BCUT2D eigenvalue weighted by atomic mass is 10.1. The van der Waals surface area contributed by atoms with Crippen LogP contribution in [0.4, 0.5) is 16.4 Å². The average molecular weight is 497 g/mol. The zero-order valence-electron chi connectivity index (χ0n) is 18.6. The molecule has 0 atom stereocenters. The molecule has 1 aliphatic rings. The number of nitro groups is 1. The van der Waals surface area contributed by atoms with Crippen molar-refractivity contribution in [3.8, 4) is 10.4 Å². The number of ether oxygens (including phenoxy) is 1. The van der Waals surface area contributed by atoms with E-state index in [4.69, 9.17) is 17.0 Å². The van der Waals surface area contributed by atoms with Crippen LogP contribution in [-0.4, -0.2) is 53.7 Å². The summed E-state index contributed by atoms with van der Waals surface area (Å²) in [5.41, 5.74) is 2.52. The summed E-state index contributed by atoms with van der Waals surface area (Å²) in [4.78, 5) is 28.2. The quantitative estimate of drug-likeness (QED) is 0.220. The summed E-state index contributed by atoms with van der Waals surface area (Å²) in [6.07, 6.45) is 0. The van der Waals surface area contributed by atoms with E-state index in [1.54, 1.807) is 19.1 Å². The van der Waals surface area contributed by atoms with Crippen LogP contribution in [0.15, 0.2) is 60.7 Å². The zero-order chi connectivity index (χ0) is 24.1. The van der Waals surface area contributed by atoms with Crippen LogP contribution in [0.1, 0.15) is 17.3 Å². The minimum atomic E-state index is -0.399. The molecule has 0 unspecified atom stereocenters. The van der Waals surface area contributed by atoms with E-state index in [9.17, 15) is 14.9 Å². The Kier molecular flexibility index (Phi) is 7.39. The molecular weight excluding hydrogens is 472 g/mol. The highest BCUT2D eigenvalue weighted by Gasteiger charge is 2.23. The standard InChI is InChI=1S/C24H24N4O4S2/c1-2-32-23(29)20-16-21(17-6-4-3-5-7-17)34-22(20)25-24(33)27-14-12-26(13-15-27)18-8-10-19(11-9-18)28(30)31/h3-11,16H,2,12-15H2,1H3,(H,25,33). The molecule has 0 bridgehead atoms. The van der Waals surface area contributed by atoms with Crippen molar-refractivity contribution < 1.29 is 14.5 Å². The molecule has 0 radical (unpaired) electrons. The molecule has 2 heterocycles. The number of thiocarbonyl (C=S) groups is 1. The maximum Gasteiger partial charge on any atom is 0.341 e. The van der Waals surface area contributed by atoms with Crippen molar-refractivity contribution in [3.05, 3.63) is 76.3 Å². The number of hydrogen-bond donors (Lipinski definition) is 1. The number of nitrogens with one attached hydrogen (secondary N) is 1. The molecule has 8 nitrogen and oxygen atoms in total. The van der Waals surface area contributed by atoms with Gasteiger partial charge in [-0.15, -0.1) is 11.3 Å².